The Labute approximate surface area is 141 Å². The summed E-state index contributed by atoms with van der Waals surface area (Å²) < 4.78 is 30.0. The van der Waals surface area contributed by atoms with Gasteiger partial charge in [-0.2, -0.15) is 0 Å². The topological polar surface area (TPSA) is 84.5 Å². The Morgan fingerprint density at radius 3 is 2.46 bits per heavy atom. The van der Waals surface area contributed by atoms with E-state index in [4.69, 9.17) is 4.74 Å². The van der Waals surface area contributed by atoms with Gasteiger partial charge in [-0.3, -0.25) is 9.52 Å². The lowest BCUT2D eigenvalue weighted by atomic mass is 10.1. The van der Waals surface area contributed by atoms with Gasteiger partial charge in [0.1, 0.15) is 0 Å². The summed E-state index contributed by atoms with van der Waals surface area (Å²) in [5.41, 5.74) is 2.71. The Kier molecular flexibility index (Phi) is 5.94. The SMILES string of the molecule is COCc1ccccc1CNC(=O)c1cccc(NS(C)(=O)=O)c1. The van der Waals surface area contributed by atoms with E-state index in [1.807, 2.05) is 24.3 Å². The van der Waals surface area contributed by atoms with Crippen LogP contribution in [0.3, 0.4) is 0 Å². The van der Waals surface area contributed by atoms with Gasteiger partial charge in [0, 0.05) is 24.9 Å². The second kappa shape index (κ2) is 7.94. The van der Waals surface area contributed by atoms with Crippen molar-refractivity contribution in [1.82, 2.24) is 5.32 Å². The second-order valence-electron chi connectivity index (χ2n) is 5.34. The maximum absolute atomic E-state index is 12.3. The highest BCUT2D eigenvalue weighted by atomic mass is 32.2. The van der Waals surface area contributed by atoms with E-state index in [9.17, 15) is 13.2 Å². The molecule has 7 heteroatoms. The van der Waals surface area contributed by atoms with E-state index in [-0.39, 0.29) is 5.91 Å². The molecule has 0 aliphatic carbocycles. The Bertz CT molecular complexity index is 819. The van der Waals surface area contributed by atoms with Crippen LogP contribution >= 0.6 is 0 Å². The maximum atomic E-state index is 12.3. The molecule has 0 spiro atoms. The first-order valence-corrected chi connectivity index (χ1v) is 9.20. The quantitative estimate of drug-likeness (QED) is 0.803. The van der Waals surface area contributed by atoms with Crippen LogP contribution in [0, 0.1) is 0 Å². The van der Waals surface area contributed by atoms with Crippen molar-refractivity contribution in [2.24, 2.45) is 0 Å². The van der Waals surface area contributed by atoms with Crippen LogP contribution < -0.4 is 10.0 Å². The van der Waals surface area contributed by atoms with Crippen LogP contribution in [0.2, 0.25) is 0 Å². The minimum Gasteiger partial charge on any atom is -0.380 e. The number of methoxy groups -OCH3 is 1. The summed E-state index contributed by atoms with van der Waals surface area (Å²) in [6, 6.07) is 14.0. The molecule has 2 aromatic rings. The number of carbonyl (C=O) groups is 1. The Balaban J connectivity index is 2.07. The number of hydrogen-bond donors (Lipinski definition) is 2. The second-order valence-corrected chi connectivity index (χ2v) is 7.09. The highest BCUT2D eigenvalue weighted by Crippen LogP contribution is 2.13. The van der Waals surface area contributed by atoms with Gasteiger partial charge in [-0.15, -0.1) is 0 Å². The van der Waals surface area contributed by atoms with Gasteiger partial charge in [0.15, 0.2) is 0 Å². The molecule has 0 aliphatic rings. The van der Waals surface area contributed by atoms with Crippen molar-refractivity contribution in [3.05, 3.63) is 65.2 Å². The molecule has 0 bridgehead atoms. The lowest BCUT2D eigenvalue weighted by Gasteiger charge is -2.11. The minimum atomic E-state index is -3.38. The van der Waals surface area contributed by atoms with Crippen molar-refractivity contribution in [3.8, 4) is 0 Å². The van der Waals surface area contributed by atoms with E-state index < -0.39 is 10.0 Å². The molecular weight excluding hydrogens is 328 g/mol. The zero-order valence-electron chi connectivity index (χ0n) is 13.6. The highest BCUT2D eigenvalue weighted by molar-refractivity contribution is 7.92. The van der Waals surface area contributed by atoms with E-state index in [1.165, 1.54) is 6.07 Å². The third kappa shape index (κ3) is 5.36. The lowest BCUT2D eigenvalue weighted by molar-refractivity contribution is 0.0950. The van der Waals surface area contributed by atoms with Crippen LogP contribution in [0.15, 0.2) is 48.5 Å². The Morgan fingerprint density at radius 2 is 1.79 bits per heavy atom. The third-order valence-corrected chi connectivity index (χ3v) is 3.89. The molecule has 2 aromatic carbocycles. The molecule has 0 saturated carbocycles. The molecule has 0 radical (unpaired) electrons. The molecule has 1 amide bonds. The third-order valence-electron chi connectivity index (χ3n) is 3.29. The number of benzene rings is 2. The molecule has 128 valence electrons. The molecule has 0 heterocycles. The number of anilines is 1. The molecule has 0 fully saturated rings. The standard InChI is InChI=1S/C17H20N2O4S/c1-23-12-15-7-4-3-6-14(15)11-18-17(20)13-8-5-9-16(10-13)19-24(2,21)22/h3-10,19H,11-12H2,1-2H3,(H,18,20). The molecule has 2 N–H and O–H groups in total. The average molecular weight is 348 g/mol. The van der Waals surface area contributed by atoms with Gasteiger partial charge < -0.3 is 10.1 Å². The van der Waals surface area contributed by atoms with Crippen LogP contribution in [0.1, 0.15) is 21.5 Å². The zero-order chi connectivity index (χ0) is 17.6. The Hall–Kier alpha value is -2.38. The van der Waals surface area contributed by atoms with Gasteiger partial charge >= 0.3 is 0 Å². The fraction of sp³-hybridized carbons (Fsp3) is 0.235. The normalized spacial score (nSPS) is 11.1. The molecule has 24 heavy (non-hydrogen) atoms. The fourth-order valence-electron chi connectivity index (χ4n) is 2.24. The van der Waals surface area contributed by atoms with Gasteiger partial charge in [-0.1, -0.05) is 30.3 Å². The van der Waals surface area contributed by atoms with Gasteiger partial charge in [-0.05, 0) is 29.3 Å². The minimum absolute atomic E-state index is 0.278. The predicted octanol–water partition coefficient (Wildman–Crippen LogP) is 2.13. The first-order valence-electron chi connectivity index (χ1n) is 7.31. The summed E-state index contributed by atoms with van der Waals surface area (Å²) in [4.78, 5) is 12.3. The Morgan fingerprint density at radius 1 is 1.08 bits per heavy atom. The molecule has 6 nitrogen and oxygen atoms in total. The van der Waals surface area contributed by atoms with Crippen LogP contribution in [0.25, 0.3) is 0 Å². The number of hydrogen-bond acceptors (Lipinski definition) is 4. The molecule has 0 atom stereocenters. The number of rotatable bonds is 7. The number of sulfonamides is 1. The van der Waals surface area contributed by atoms with Crippen LogP contribution in [0.5, 0.6) is 0 Å². The van der Waals surface area contributed by atoms with E-state index in [1.54, 1.807) is 25.3 Å². The number of ether oxygens (including phenoxy) is 1. The summed E-state index contributed by atoms with van der Waals surface area (Å²) in [7, 11) is -1.76. The van der Waals surface area contributed by atoms with Crippen molar-refractivity contribution in [3.63, 3.8) is 0 Å². The van der Waals surface area contributed by atoms with Crippen molar-refractivity contribution in [2.45, 2.75) is 13.2 Å². The molecular formula is C17H20N2O4S. The maximum Gasteiger partial charge on any atom is 0.251 e. The van der Waals surface area contributed by atoms with Crippen molar-refractivity contribution < 1.29 is 17.9 Å². The van der Waals surface area contributed by atoms with Gasteiger partial charge in [-0.25, -0.2) is 8.42 Å². The van der Waals surface area contributed by atoms with E-state index >= 15 is 0 Å². The van der Waals surface area contributed by atoms with Crippen LogP contribution in [-0.2, 0) is 27.9 Å². The highest BCUT2D eigenvalue weighted by Gasteiger charge is 2.09. The van der Waals surface area contributed by atoms with Crippen LogP contribution in [-0.4, -0.2) is 27.7 Å². The van der Waals surface area contributed by atoms with E-state index in [2.05, 4.69) is 10.0 Å². The summed E-state index contributed by atoms with van der Waals surface area (Å²) in [6.45, 7) is 0.835. The van der Waals surface area contributed by atoms with Crippen LogP contribution in [0.4, 0.5) is 5.69 Å². The van der Waals surface area contributed by atoms with E-state index in [0.29, 0.717) is 24.4 Å². The summed E-state index contributed by atoms with van der Waals surface area (Å²) >= 11 is 0. The molecule has 0 aromatic heterocycles. The first kappa shape index (κ1) is 18.0. The summed E-state index contributed by atoms with van der Waals surface area (Å²) in [5.74, 6) is -0.278. The largest absolute Gasteiger partial charge is 0.380 e. The van der Waals surface area contributed by atoms with Crippen molar-refractivity contribution >= 4 is 21.6 Å². The summed E-state index contributed by atoms with van der Waals surface area (Å²) in [5, 5.41) is 2.83. The van der Waals surface area contributed by atoms with Gasteiger partial charge in [0.05, 0.1) is 12.9 Å². The number of nitrogens with one attached hydrogen (secondary N) is 2. The van der Waals surface area contributed by atoms with E-state index in [0.717, 1.165) is 17.4 Å². The monoisotopic (exact) mass is 348 g/mol. The fourth-order valence-corrected chi connectivity index (χ4v) is 2.80. The smallest absolute Gasteiger partial charge is 0.251 e. The molecule has 2 rings (SSSR count). The molecule has 0 unspecified atom stereocenters. The molecule has 0 saturated heterocycles. The van der Waals surface area contributed by atoms with Gasteiger partial charge in [0.25, 0.3) is 5.91 Å². The van der Waals surface area contributed by atoms with Gasteiger partial charge in [0.2, 0.25) is 10.0 Å². The predicted molar refractivity (Wildman–Crippen MR) is 93.2 cm³/mol. The van der Waals surface area contributed by atoms with Crippen molar-refractivity contribution in [1.29, 1.82) is 0 Å². The number of amides is 1. The lowest BCUT2D eigenvalue weighted by Crippen LogP contribution is -2.23. The summed E-state index contributed by atoms with van der Waals surface area (Å²) in [6.07, 6.45) is 1.06. The number of carbonyl (C=O) groups excluding carboxylic acids is 1. The van der Waals surface area contributed by atoms with Crippen molar-refractivity contribution in [2.75, 3.05) is 18.1 Å². The molecule has 0 aliphatic heterocycles. The first-order chi connectivity index (χ1) is 11.4. The zero-order valence-corrected chi connectivity index (χ0v) is 14.4. The average Bonchev–Trinajstić information content (AvgIpc) is 2.52.